The summed E-state index contributed by atoms with van der Waals surface area (Å²) in [7, 11) is 0. The summed E-state index contributed by atoms with van der Waals surface area (Å²) in [6, 6.07) is 5.75. The number of halogens is 1. The van der Waals surface area contributed by atoms with Crippen LogP contribution in [0.15, 0.2) is 18.2 Å². The van der Waals surface area contributed by atoms with Crippen molar-refractivity contribution in [1.82, 2.24) is 0 Å². The van der Waals surface area contributed by atoms with Gasteiger partial charge in [-0.05, 0) is 44.0 Å². The second-order valence-corrected chi connectivity index (χ2v) is 4.54. The van der Waals surface area contributed by atoms with E-state index < -0.39 is 0 Å². The molecule has 17 heavy (non-hydrogen) atoms. The monoisotopic (exact) mass is 256 g/mol. The van der Waals surface area contributed by atoms with E-state index in [-0.39, 0.29) is 0 Å². The van der Waals surface area contributed by atoms with E-state index in [1.54, 1.807) is 0 Å². The van der Waals surface area contributed by atoms with Crippen molar-refractivity contribution in [2.24, 2.45) is 11.7 Å². The average molecular weight is 257 g/mol. The van der Waals surface area contributed by atoms with Crippen molar-refractivity contribution in [1.29, 1.82) is 0 Å². The summed E-state index contributed by atoms with van der Waals surface area (Å²) in [5, 5.41) is 3.97. The molecular weight excluding hydrogens is 236 g/mol. The average Bonchev–Trinajstić information content (AvgIpc) is 2.32. The van der Waals surface area contributed by atoms with Gasteiger partial charge in [0.15, 0.2) is 0 Å². The molecule has 1 unspecified atom stereocenters. The van der Waals surface area contributed by atoms with Crippen LogP contribution in [0.5, 0.6) is 5.75 Å². The van der Waals surface area contributed by atoms with E-state index in [1.807, 2.05) is 25.1 Å². The lowest BCUT2D eigenvalue weighted by Crippen LogP contribution is -2.14. The predicted molar refractivity (Wildman–Crippen MR) is 73.9 cm³/mol. The number of nitrogens with two attached hydrogens (primary N) is 1. The molecule has 3 nitrogen and oxygen atoms in total. The lowest BCUT2D eigenvalue weighted by Gasteiger charge is -2.12. The molecule has 0 saturated heterocycles. The van der Waals surface area contributed by atoms with Crippen molar-refractivity contribution in [2.45, 2.75) is 20.3 Å². The highest BCUT2D eigenvalue weighted by Gasteiger charge is 2.03. The van der Waals surface area contributed by atoms with Crippen LogP contribution < -0.4 is 15.8 Å². The number of hydrogen-bond acceptors (Lipinski definition) is 3. The van der Waals surface area contributed by atoms with Crippen LogP contribution in [0.3, 0.4) is 0 Å². The normalized spacial score (nSPS) is 12.2. The van der Waals surface area contributed by atoms with Crippen LogP contribution >= 0.6 is 11.6 Å². The Hall–Kier alpha value is -0.930. The number of anilines is 1. The molecule has 0 spiro atoms. The van der Waals surface area contributed by atoms with Crippen molar-refractivity contribution in [3.63, 3.8) is 0 Å². The van der Waals surface area contributed by atoms with E-state index in [1.165, 1.54) is 0 Å². The van der Waals surface area contributed by atoms with Gasteiger partial charge in [0.05, 0.1) is 11.6 Å². The summed E-state index contributed by atoms with van der Waals surface area (Å²) >= 11 is 6.09. The van der Waals surface area contributed by atoms with Gasteiger partial charge in [-0.2, -0.15) is 0 Å². The molecule has 0 aliphatic heterocycles. The first kappa shape index (κ1) is 14.1. The fraction of sp³-hybridized carbons (Fsp3) is 0.538. The zero-order valence-electron chi connectivity index (χ0n) is 10.5. The van der Waals surface area contributed by atoms with Crippen LogP contribution in [-0.4, -0.2) is 19.7 Å². The maximum atomic E-state index is 6.09. The highest BCUT2D eigenvalue weighted by Crippen LogP contribution is 2.27. The minimum absolute atomic E-state index is 0.542. The summed E-state index contributed by atoms with van der Waals surface area (Å²) in [4.78, 5) is 0. The maximum Gasteiger partial charge on any atom is 0.138 e. The molecule has 1 atom stereocenters. The molecular formula is C13H21ClN2O. The van der Waals surface area contributed by atoms with Gasteiger partial charge in [-0.25, -0.2) is 0 Å². The topological polar surface area (TPSA) is 47.3 Å². The molecule has 0 heterocycles. The summed E-state index contributed by atoms with van der Waals surface area (Å²) in [5.41, 5.74) is 6.58. The summed E-state index contributed by atoms with van der Waals surface area (Å²) < 4.78 is 5.38. The van der Waals surface area contributed by atoms with E-state index in [9.17, 15) is 0 Å². The van der Waals surface area contributed by atoms with E-state index in [2.05, 4.69) is 12.2 Å². The number of hydrogen-bond donors (Lipinski definition) is 2. The van der Waals surface area contributed by atoms with Crippen LogP contribution in [0, 0.1) is 5.92 Å². The standard InChI is InChI=1S/C13H21ClN2O/c1-3-17-13-5-4-11(8-12(13)14)16-7-6-10(2)9-15/h4-5,8,10,16H,3,6-7,9,15H2,1-2H3. The Balaban J connectivity index is 2.47. The number of rotatable bonds is 7. The first-order valence-electron chi connectivity index (χ1n) is 6.03. The van der Waals surface area contributed by atoms with Gasteiger partial charge in [-0.1, -0.05) is 18.5 Å². The third kappa shape index (κ3) is 4.84. The number of benzene rings is 1. The van der Waals surface area contributed by atoms with Gasteiger partial charge < -0.3 is 15.8 Å². The van der Waals surface area contributed by atoms with Gasteiger partial charge in [0, 0.05) is 12.2 Å². The Morgan fingerprint density at radius 3 is 2.82 bits per heavy atom. The molecule has 1 rings (SSSR count). The van der Waals surface area contributed by atoms with Crippen molar-refractivity contribution in [2.75, 3.05) is 25.0 Å². The molecule has 0 aromatic heterocycles. The zero-order chi connectivity index (χ0) is 12.7. The van der Waals surface area contributed by atoms with Crippen LogP contribution in [0.4, 0.5) is 5.69 Å². The van der Waals surface area contributed by atoms with Crippen LogP contribution in [0.25, 0.3) is 0 Å². The molecule has 0 radical (unpaired) electrons. The first-order valence-corrected chi connectivity index (χ1v) is 6.41. The Kier molecular flexibility index (Phi) is 6.16. The summed E-state index contributed by atoms with van der Waals surface area (Å²) in [6.45, 7) is 6.35. The Bertz CT molecular complexity index is 344. The van der Waals surface area contributed by atoms with Crippen LogP contribution in [0.2, 0.25) is 5.02 Å². The Morgan fingerprint density at radius 1 is 1.47 bits per heavy atom. The van der Waals surface area contributed by atoms with E-state index >= 15 is 0 Å². The fourth-order valence-corrected chi connectivity index (χ4v) is 1.70. The van der Waals surface area contributed by atoms with Crippen molar-refractivity contribution in [3.05, 3.63) is 23.2 Å². The van der Waals surface area contributed by atoms with Gasteiger partial charge in [-0.15, -0.1) is 0 Å². The van der Waals surface area contributed by atoms with Gasteiger partial charge in [0.25, 0.3) is 0 Å². The Labute approximate surface area is 108 Å². The molecule has 0 saturated carbocycles. The van der Waals surface area contributed by atoms with Crippen molar-refractivity contribution < 1.29 is 4.74 Å². The molecule has 4 heteroatoms. The predicted octanol–water partition coefficient (Wildman–Crippen LogP) is 3.14. The summed E-state index contributed by atoms with van der Waals surface area (Å²) in [6.07, 6.45) is 1.06. The quantitative estimate of drug-likeness (QED) is 0.788. The first-order chi connectivity index (χ1) is 8.17. The second-order valence-electron chi connectivity index (χ2n) is 4.13. The number of ether oxygens (including phenoxy) is 1. The van der Waals surface area contributed by atoms with Crippen LogP contribution in [0.1, 0.15) is 20.3 Å². The van der Waals surface area contributed by atoms with Gasteiger partial charge >= 0.3 is 0 Å². The lowest BCUT2D eigenvalue weighted by molar-refractivity contribution is 0.340. The molecule has 1 aromatic rings. The second kappa shape index (κ2) is 7.41. The molecule has 0 aliphatic rings. The lowest BCUT2D eigenvalue weighted by atomic mass is 10.1. The highest BCUT2D eigenvalue weighted by atomic mass is 35.5. The van der Waals surface area contributed by atoms with Gasteiger partial charge in [-0.3, -0.25) is 0 Å². The fourth-order valence-electron chi connectivity index (χ4n) is 1.46. The SMILES string of the molecule is CCOc1ccc(NCCC(C)CN)cc1Cl. The maximum absolute atomic E-state index is 6.09. The van der Waals surface area contributed by atoms with Crippen molar-refractivity contribution in [3.8, 4) is 5.75 Å². The highest BCUT2D eigenvalue weighted by molar-refractivity contribution is 6.32. The molecule has 1 aromatic carbocycles. The molecule has 3 N–H and O–H groups in total. The molecule has 0 fully saturated rings. The van der Waals surface area contributed by atoms with Gasteiger partial charge in [0.1, 0.15) is 5.75 Å². The van der Waals surface area contributed by atoms with Gasteiger partial charge in [0.2, 0.25) is 0 Å². The smallest absolute Gasteiger partial charge is 0.138 e. The van der Waals surface area contributed by atoms with E-state index in [0.717, 1.165) is 30.9 Å². The minimum Gasteiger partial charge on any atom is -0.492 e. The van der Waals surface area contributed by atoms with Crippen molar-refractivity contribution >= 4 is 17.3 Å². The molecule has 0 aliphatic carbocycles. The van der Waals surface area contributed by atoms with E-state index in [4.69, 9.17) is 22.1 Å². The summed E-state index contributed by atoms with van der Waals surface area (Å²) in [5.74, 6) is 1.27. The third-order valence-corrected chi connectivity index (χ3v) is 2.90. The third-order valence-electron chi connectivity index (χ3n) is 2.60. The molecule has 96 valence electrons. The largest absolute Gasteiger partial charge is 0.492 e. The minimum atomic E-state index is 0.542. The van der Waals surface area contributed by atoms with E-state index in [0.29, 0.717) is 17.5 Å². The van der Waals surface area contributed by atoms with Crippen LogP contribution in [-0.2, 0) is 0 Å². The Morgan fingerprint density at radius 2 is 2.24 bits per heavy atom. The molecule has 0 amide bonds. The number of nitrogens with one attached hydrogen (secondary N) is 1. The molecule has 0 bridgehead atoms. The zero-order valence-corrected chi connectivity index (χ0v) is 11.3.